The Bertz CT molecular complexity index is 448. The van der Waals surface area contributed by atoms with Crippen LogP contribution in [0.15, 0.2) is 0 Å². The molecule has 162 valence electrons. The van der Waals surface area contributed by atoms with E-state index in [9.17, 15) is 9.59 Å². The molecule has 0 bridgehead atoms. The van der Waals surface area contributed by atoms with Gasteiger partial charge in [0.1, 0.15) is 6.10 Å². The van der Waals surface area contributed by atoms with Crippen LogP contribution in [0, 0.1) is 17.8 Å². The zero-order chi connectivity index (χ0) is 20.2. The number of hydrogen-bond donors (Lipinski definition) is 0. The quantitative estimate of drug-likeness (QED) is 0.309. The summed E-state index contributed by atoms with van der Waals surface area (Å²) in [6.07, 6.45) is 16.0. The standard InChI is InChI=1S/C24H42O4/c1-3-5-7-11-19(10-4-2)18-27-23(25)20-14-16-21(17-15-20)24(26)28-22-12-8-6-9-13-22/h19-22H,3-18H2,1-2H3. The first kappa shape index (κ1) is 23.2. The van der Waals surface area contributed by atoms with Crippen LogP contribution in [0.3, 0.4) is 0 Å². The minimum Gasteiger partial charge on any atom is -0.465 e. The fourth-order valence-corrected chi connectivity index (χ4v) is 4.73. The van der Waals surface area contributed by atoms with Crippen molar-refractivity contribution in [1.82, 2.24) is 0 Å². The van der Waals surface area contributed by atoms with Crippen LogP contribution in [0.1, 0.15) is 110 Å². The second-order valence-electron chi connectivity index (χ2n) is 9.03. The second kappa shape index (κ2) is 13.2. The van der Waals surface area contributed by atoms with E-state index < -0.39 is 0 Å². The summed E-state index contributed by atoms with van der Waals surface area (Å²) in [4.78, 5) is 24.9. The highest BCUT2D eigenvalue weighted by atomic mass is 16.5. The third-order valence-electron chi connectivity index (χ3n) is 6.60. The highest BCUT2D eigenvalue weighted by Crippen LogP contribution is 2.32. The highest BCUT2D eigenvalue weighted by Gasteiger charge is 2.33. The molecule has 2 saturated carbocycles. The van der Waals surface area contributed by atoms with Crippen molar-refractivity contribution in [3.63, 3.8) is 0 Å². The summed E-state index contributed by atoms with van der Waals surface area (Å²) >= 11 is 0. The van der Waals surface area contributed by atoms with Crippen molar-refractivity contribution < 1.29 is 19.1 Å². The number of ether oxygens (including phenoxy) is 2. The minimum absolute atomic E-state index is 0.0205. The van der Waals surface area contributed by atoms with Crippen LogP contribution in [0.5, 0.6) is 0 Å². The van der Waals surface area contributed by atoms with Gasteiger partial charge in [0.2, 0.25) is 0 Å². The molecule has 0 spiro atoms. The molecule has 0 aromatic carbocycles. The summed E-state index contributed by atoms with van der Waals surface area (Å²) < 4.78 is 11.4. The van der Waals surface area contributed by atoms with E-state index in [1.807, 2.05) is 0 Å². The Morgan fingerprint density at radius 1 is 0.786 bits per heavy atom. The van der Waals surface area contributed by atoms with Crippen molar-refractivity contribution in [3.05, 3.63) is 0 Å². The molecule has 0 radical (unpaired) electrons. The van der Waals surface area contributed by atoms with Gasteiger partial charge in [0.05, 0.1) is 18.4 Å². The third kappa shape index (κ3) is 8.13. The first-order valence-electron chi connectivity index (χ1n) is 12.0. The van der Waals surface area contributed by atoms with E-state index in [4.69, 9.17) is 9.47 Å². The molecule has 2 rings (SSSR count). The zero-order valence-electron chi connectivity index (χ0n) is 18.3. The first-order chi connectivity index (χ1) is 13.6. The molecule has 2 aliphatic rings. The molecule has 0 N–H and O–H groups in total. The van der Waals surface area contributed by atoms with Gasteiger partial charge in [-0.3, -0.25) is 9.59 Å². The maximum Gasteiger partial charge on any atom is 0.309 e. The lowest BCUT2D eigenvalue weighted by atomic mass is 9.82. The van der Waals surface area contributed by atoms with Crippen molar-refractivity contribution in [2.75, 3.05) is 6.61 Å². The van der Waals surface area contributed by atoms with E-state index in [1.165, 1.54) is 38.5 Å². The predicted octanol–water partition coefficient (Wildman–Crippen LogP) is 6.21. The monoisotopic (exact) mass is 394 g/mol. The Labute approximate surface area is 172 Å². The lowest BCUT2D eigenvalue weighted by Gasteiger charge is -2.29. The number of carbonyl (C=O) groups is 2. The van der Waals surface area contributed by atoms with Crippen molar-refractivity contribution >= 4 is 11.9 Å². The van der Waals surface area contributed by atoms with Crippen molar-refractivity contribution in [1.29, 1.82) is 0 Å². The summed E-state index contributed by atoms with van der Waals surface area (Å²) in [5, 5.41) is 0. The average Bonchev–Trinajstić information content (AvgIpc) is 2.72. The number of unbranched alkanes of at least 4 members (excludes halogenated alkanes) is 2. The lowest BCUT2D eigenvalue weighted by molar-refractivity contribution is -0.160. The van der Waals surface area contributed by atoms with Crippen LogP contribution in [-0.2, 0) is 19.1 Å². The molecule has 4 heteroatoms. The van der Waals surface area contributed by atoms with Gasteiger partial charge in [-0.2, -0.15) is 0 Å². The van der Waals surface area contributed by atoms with Crippen LogP contribution >= 0.6 is 0 Å². The molecule has 0 aromatic rings. The van der Waals surface area contributed by atoms with E-state index >= 15 is 0 Å². The van der Waals surface area contributed by atoms with E-state index in [1.54, 1.807) is 0 Å². The normalized spacial score (nSPS) is 24.5. The van der Waals surface area contributed by atoms with Gasteiger partial charge in [0.15, 0.2) is 0 Å². The maximum absolute atomic E-state index is 12.5. The van der Waals surface area contributed by atoms with Gasteiger partial charge in [-0.1, -0.05) is 46.0 Å². The molecule has 2 aliphatic carbocycles. The van der Waals surface area contributed by atoms with Gasteiger partial charge in [-0.15, -0.1) is 0 Å². The first-order valence-corrected chi connectivity index (χ1v) is 12.0. The van der Waals surface area contributed by atoms with Gasteiger partial charge in [0, 0.05) is 0 Å². The lowest BCUT2D eigenvalue weighted by Crippen LogP contribution is -2.31. The second-order valence-corrected chi connectivity index (χ2v) is 9.03. The molecule has 0 aromatic heterocycles. The fraction of sp³-hybridized carbons (Fsp3) is 0.917. The third-order valence-corrected chi connectivity index (χ3v) is 6.60. The molecule has 28 heavy (non-hydrogen) atoms. The van der Waals surface area contributed by atoms with Crippen molar-refractivity contribution in [2.45, 2.75) is 116 Å². The van der Waals surface area contributed by atoms with Gasteiger partial charge < -0.3 is 9.47 Å². The van der Waals surface area contributed by atoms with E-state index in [-0.39, 0.29) is 29.9 Å². The SMILES string of the molecule is CCCCCC(CCC)COC(=O)C1CCC(C(=O)OC2CCCCC2)CC1. The Kier molecular flexibility index (Phi) is 11.0. The summed E-state index contributed by atoms with van der Waals surface area (Å²) in [7, 11) is 0. The predicted molar refractivity (Wildman–Crippen MR) is 112 cm³/mol. The Balaban J connectivity index is 1.66. The summed E-state index contributed by atoms with van der Waals surface area (Å²) in [6, 6.07) is 0. The minimum atomic E-state index is -0.0457. The smallest absolute Gasteiger partial charge is 0.309 e. The molecular formula is C24H42O4. The number of hydrogen-bond acceptors (Lipinski definition) is 4. The topological polar surface area (TPSA) is 52.6 Å². The molecule has 2 fully saturated rings. The number of carbonyl (C=O) groups excluding carboxylic acids is 2. The average molecular weight is 395 g/mol. The summed E-state index contributed by atoms with van der Waals surface area (Å²) in [6.45, 7) is 4.98. The molecular weight excluding hydrogens is 352 g/mol. The maximum atomic E-state index is 12.5. The fourth-order valence-electron chi connectivity index (χ4n) is 4.73. The Hall–Kier alpha value is -1.06. The van der Waals surface area contributed by atoms with Crippen molar-refractivity contribution in [2.24, 2.45) is 17.8 Å². The van der Waals surface area contributed by atoms with Crippen LogP contribution in [-0.4, -0.2) is 24.6 Å². The largest absolute Gasteiger partial charge is 0.465 e. The van der Waals surface area contributed by atoms with Crippen LogP contribution < -0.4 is 0 Å². The van der Waals surface area contributed by atoms with Gasteiger partial charge in [-0.05, 0) is 70.1 Å². The number of esters is 2. The van der Waals surface area contributed by atoms with E-state index in [0.717, 1.165) is 57.8 Å². The molecule has 4 nitrogen and oxygen atoms in total. The number of rotatable bonds is 11. The summed E-state index contributed by atoms with van der Waals surface area (Å²) in [5.74, 6) is 0.375. The molecule has 0 saturated heterocycles. The van der Waals surface area contributed by atoms with Gasteiger partial charge in [0.25, 0.3) is 0 Å². The molecule has 0 amide bonds. The Morgan fingerprint density at radius 2 is 1.43 bits per heavy atom. The molecule has 0 heterocycles. The molecule has 0 aliphatic heterocycles. The molecule has 1 atom stereocenters. The van der Waals surface area contributed by atoms with Crippen LogP contribution in [0.2, 0.25) is 0 Å². The van der Waals surface area contributed by atoms with E-state index in [2.05, 4.69) is 13.8 Å². The highest BCUT2D eigenvalue weighted by molar-refractivity contribution is 5.75. The van der Waals surface area contributed by atoms with Crippen LogP contribution in [0.4, 0.5) is 0 Å². The summed E-state index contributed by atoms with van der Waals surface area (Å²) in [5.41, 5.74) is 0. The Morgan fingerprint density at radius 3 is 2.04 bits per heavy atom. The van der Waals surface area contributed by atoms with E-state index in [0.29, 0.717) is 12.5 Å². The van der Waals surface area contributed by atoms with Gasteiger partial charge >= 0.3 is 11.9 Å². The van der Waals surface area contributed by atoms with Crippen molar-refractivity contribution in [3.8, 4) is 0 Å². The zero-order valence-corrected chi connectivity index (χ0v) is 18.3. The van der Waals surface area contributed by atoms with Gasteiger partial charge in [-0.25, -0.2) is 0 Å². The van der Waals surface area contributed by atoms with Crippen LogP contribution in [0.25, 0.3) is 0 Å². The molecule has 1 unspecified atom stereocenters.